The summed E-state index contributed by atoms with van der Waals surface area (Å²) in [5.74, 6) is 0.885. The van der Waals surface area contributed by atoms with Gasteiger partial charge in [-0.15, -0.1) is 0 Å². The van der Waals surface area contributed by atoms with Gasteiger partial charge in [0.05, 0.1) is 29.8 Å². The summed E-state index contributed by atoms with van der Waals surface area (Å²) in [6.45, 7) is 11.7. The molecule has 0 bridgehead atoms. The number of nitriles is 1. The van der Waals surface area contributed by atoms with Gasteiger partial charge in [-0.2, -0.15) is 15.2 Å². The second-order valence-corrected chi connectivity index (χ2v) is 11.5. The highest BCUT2D eigenvalue weighted by molar-refractivity contribution is 5.69. The minimum absolute atomic E-state index is 0.134. The van der Waals surface area contributed by atoms with E-state index in [1.165, 1.54) is 25.7 Å². The Balaban J connectivity index is 1.36. The van der Waals surface area contributed by atoms with Crippen LogP contribution in [0.5, 0.6) is 6.01 Å². The molecule has 1 atom stereocenters. The minimum Gasteiger partial charge on any atom is -0.461 e. The summed E-state index contributed by atoms with van der Waals surface area (Å²) >= 11 is 0. The zero-order chi connectivity index (χ0) is 25.3. The van der Waals surface area contributed by atoms with E-state index >= 15 is 0 Å². The number of nitrogens with one attached hydrogen (secondary N) is 1. The molecule has 5 heterocycles. The van der Waals surface area contributed by atoms with Gasteiger partial charge in [0.15, 0.2) is 0 Å². The van der Waals surface area contributed by atoms with Crippen molar-refractivity contribution in [1.82, 2.24) is 25.1 Å². The number of nitrogens with zero attached hydrogens (tertiary/aromatic N) is 6. The molecule has 10 heteroatoms. The molecule has 5 rings (SSSR count). The summed E-state index contributed by atoms with van der Waals surface area (Å²) in [6.07, 6.45) is 5.53. The highest BCUT2D eigenvalue weighted by atomic mass is 16.6. The molecule has 3 fully saturated rings. The van der Waals surface area contributed by atoms with Gasteiger partial charge < -0.3 is 24.6 Å². The number of amides is 1. The molecule has 0 aromatic carbocycles. The summed E-state index contributed by atoms with van der Waals surface area (Å²) in [4.78, 5) is 29.1. The number of fused-ring (bicyclic) bond motifs is 2. The van der Waals surface area contributed by atoms with E-state index in [9.17, 15) is 10.1 Å². The molecule has 1 aromatic heterocycles. The van der Waals surface area contributed by atoms with Crippen LogP contribution in [0, 0.1) is 11.3 Å². The first-order valence-electron chi connectivity index (χ1n) is 13.4. The van der Waals surface area contributed by atoms with Crippen LogP contribution in [0.1, 0.15) is 64.1 Å². The number of piperazine rings is 1. The molecule has 0 saturated carbocycles. The average Bonchev–Trinajstić information content (AvgIpc) is 3.42. The number of aromatic nitrogens is 2. The molecule has 0 radical (unpaired) electrons. The number of carbonyl (C=O) groups is 1. The Hall–Kier alpha value is -2.64. The quantitative estimate of drug-likeness (QED) is 0.656. The topological polar surface area (TPSA) is 107 Å². The summed E-state index contributed by atoms with van der Waals surface area (Å²) < 4.78 is 11.9. The molecule has 1 N–H and O–H groups in total. The van der Waals surface area contributed by atoms with Crippen molar-refractivity contribution in [3.05, 3.63) is 11.3 Å². The standard InChI is InChI=1S/C26H39N7O3/c1-25(2,3)36-24(34)33-15-14-31(17-19(33)6-10-27)22-20-7-11-28-16-21(20)29-23(30-22)35-18-26-8-4-12-32(26)13-5-9-26/h19,28H,4-9,11-18H2,1-3H3/t19-/m0/s1. The molecular weight excluding hydrogens is 458 g/mol. The van der Waals surface area contributed by atoms with Gasteiger partial charge in [0.25, 0.3) is 0 Å². The Kier molecular flexibility index (Phi) is 6.97. The highest BCUT2D eigenvalue weighted by Gasteiger charge is 2.45. The SMILES string of the molecule is CC(C)(C)OC(=O)N1CCN(c2nc(OCC34CCCN3CCC4)nc3c2CCNC3)C[C@@H]1CC#N. The minimum atomic E-state index is -0.579. The van der Waals surface area contributed by atoms with Crippen LogP contribution in [0.3, 0.4) is 0 Å². The molecule has 196 valence electrons. The molecule has 3 saturated heterocycles. The molecule has 0 unspecified atom stereocenters. The number of ether oxygens (including phenoxy) is 2. The van der Waals surface area contributed by atoms with Crippen molar-refractivity contribution in [1.29, 1.82) is 5.26 Å². The lowest BCUT2D eigenvalue weighted by molar-refractivity contribution is 0.0144. The predicted molar refractivity (Wildman–Crippen MR) is 135 cm³/mol. The van der Waals surface area contributed by atoms with E-state index in [0.717, 1.165) is 43.1 Å². The van der Waals surface area contributed by atoms with E-state index in [1.807, 2.05) is 20.8 Å². The van der Waals surface area contributed by atoms with Gasteiger partial charge in [0.2, 0.25) is 0 Å². The average molecular weight is 498 g/mol. The lowest BCUT2D eigenvalue weighted by Crippen LogP contribution is -2.56. The van der Waals surface area contributed by atoms with Gasteiger partial charge in [-0.25, -0.2) is 4.79 Å². The van der Waals surface area contributed by atoms with Crippen molar-refractivity contribution >= 4 is 11.9 Å². The Morgan fingerprint density at radius 1 is 1.19 bits per heavy atom. The Bertz CT molecular complexity index is 1010. The third kappa shape index (κ3) is 5.09. The largest absolute Gasteiger partial charge is 0.461 e. The van der Waals surface area contributed by atoms with Gasteiger partial charge in [-0.1, -0.05) is 0 Å². The van der Waals surface area contributed by atoms with Crippen LogP contribution in [-0.2, 0) is 17.7 Å². The van der Waals surface area contributed by atoms with Crippen LogP contribution >= 0.6 is 0 Å². The molecule has 4 aliphatic rings. The van der Waals surface area contributed by atoms with E-state index < -0.39 is 5.60 Å². The fraction of sp³-hybridized carbons (Fsp3) is 0.769. The fourth-order valence-corrected chi connectivity index (χ4v) is 6.19. The summed E-state index contributed by atoms with van der Waals surface area (Å²) in [6, 6.07) is 2.43. The smallest absolute Gasteiger partial charge is 0.410 e. The van der Waals surface area contributed by atoms with Crippen LogP contribution in [0.25, 0.3) is 0 Å². The Morgan fingerprint density at radius 3 is 2.69 bits per heavy atom. The number of carbonyl (C=O) groups excluding carboxylic acids is 1. The maximum atomic E-state index is 12.8. The first-order chi connectivity index (χ1) is 17.3. The lowest BCUT2D eigenvalue weighted by atomic mass is 9.95. The predicted octanol–water partition coefficient (Wildman–Crippen LogP) is 2.47. The molecule has 36 heavy (non-hydrogen) atoms. The summed E-state index contributed by atoms with van der Waals surface area (Å²) in [5.41, 5.74) is 1.68. The highest BCUT2D eigenvalue weighted by Crippen LogP contribution is 2.39. The van der Waals surface area contributed by atoms with Crippen molar-refractivity contribution in [2.75, 3.05) is 50.8 Å². The van der Waals surface area contributed by atoms with E-state index in [1.54, 1.807) is 4.90 Å². The van der Waals surface area contributed by atoms with Crippen molar-refractivity contribution in [2.45, 2.75) is 83.0 Å². The monoisotopic (exact) mass is 497 g/mol. The first-order valence-corrected chi connectivity index (χ1v) is 13.4. The third-order valence-corrected chi connectivity index (χ3v) is 7.91. The maximum absolute atomic E-state index is 12.8. The Labute approximate surface area is 213 Å². The summed E-state index contributed by atoms with van der Waals surface area (Å²) in [5, 5.41) is 12.9. The molecule has 1 aromatic rings. The zero-order valence-electron chi connectivity index (χ0n) is 21.9. The number of hydrogen-bond acceptors (Lipinski definition) is 9. The van der Waals surface area contributed by atoms with E-state index in [0.29, 0.717) is 38.8 Å². The molecule has 10 nitrogen and oxygen atoms in total. The van der Waals surface area contributed by atoms with Crippen molar-refractivity contribution in [3.8, 4) is 12.1 Å². The second-order valence-electron chi connectivity index (χ2n) is 11.5. The van der Waals surface area contributed by atoms with Gasteiger partial charge in [0.1, 0.15) is 18.0 Å². The van der Waals surface area contributed by atoms with Crippen molar-refractivity contribution < 1.29 is 14.3 Å². The van der Waals surface area contributed by atoms with Crippen molar-refractivity contribution in [2.24, 2.45) is 0 Å². The van der Waals surface area contributed by atoms with E-state index in [2.05, 4.69) is 21.2 Å². The number of anilines is 1. The summed E-state index contributed by atoms with van der Waals surface area (Å²) in [7, 11) is 0. The van der Waals surface area contributed by atoms with Gasteiger partial charge >= 0.3 is 12.1 Å². The normalized spacial score (nSPS) is 23.7. The van der Waals surface area contributed by atoms with Crippen LogP contribution in [0.2, 0.25) is 0 Å². The van der Waals surface area contributed by atoms with Gasteiger partial charge in [0, 0.05) is 31.7 Å². The lowest BCUT2D eigenvalue weighted by Gasteiger charge is -2.42. The molecule has 0 aliphatic carbocycles. The molecule has 4 aliphatic heterocycles. The van der Waals surface area contributed by atoms with Crippen LogP contribution in [-0.4, -0.2) is 88.9 Å². The first kappa shape index (κ1) is 25.0. The van der Waals surface area contributed by atoms with Gasteiger partial charge in [-0.05, 0) is 72.5 Å². The zero-order valence-corrected chi connectivity index (χ0v) is 21.9. The fourth-order valence-electron chi connectivity index (χ4n) is 6.19. The van der Waals surface area contributed by atoms with Gasteiger partial charge in [-0.3, -0.25) is 4.90 Å². The van der Waals surface area contributed by atoms with E-state index in [4.69, 9.17) is 19.4 Å². The molecular formula is C26H39N7O3. The van der Waals surface area contributed by atoms with Crippen LogP contribution < -0.4 is 15.0 Å². The second kappa shape index (κ2) is 10.0. The van der Waals surface area contributed by atoms with E-state index in [-0.39, 0.29) is 24.1 Å². The van der Waals surface area contributed by atoms with Crippen LogP contribution in [0.4, 0.5) is 10.6 Å². The third-order valence-electron chi connectivity index (χ3n) is 7.91. The molecule has 1 amide bonds. The molecule has 0 spiro atoms. The van der Waals surface area contributed by atoms with Crippen LogP contribution in [0.15, 0.2) is 0 Å². The number of rotatable bonds is 5. The Morgan fingerprint density at radius 2 is 1.97 bits per heavy atom. The van der Waals surface area contributed by atoms with Crippen molar-refractivity contribution in [3.63, 3.8) is 0 Å². The maximum Gasteiger partial charge on any atom is 0.410 e. The number of hydrogen-bond donors (Lipinski definition) is 1.